The smallest absolute Gasteiger partial charge is 0.219 e. The number of fused-ring (bicyclic) bond motifs is 1. The maximum absolute atomic E-state index is 12.1. The maximum Gasteiger partial charge on any atom is 0.219 e. The standard InChI is InChI=1S/C26H35N3O2S/c1-17-8-9-21-22(16-17)27-11-10-23(21)29-13-7-12-28(14-15-29)20(4)26(5,6)31-24-18(2)25(30)32-19(24)3/h8-11,16,19-20H,7,12-15H2,1-6H3. The van der Waals surface area contributed by atoms with E-state index in [4.69, 9.17) is 4.74 Å². The Labute approximate surface area is 196 Å². The minimum atomic E-state index is -0.383. The number of anilines is 1. The number of pyridine rings is 1. The molecule has 2 aliphatic heterocycles. The van der Waals surface area contributed by atoms with E-state index in [2.05, 4.69) is 73.7 Å². The quantitative estimate of drug-likeness (QED) is 0.622. The average Bonchev–Trinajstić information content (AvgIpc) is 2.93. The minimum absolute atomic E-state index is 0.0946. The van der Waals surface area contributed by atoms with Crippen molar-refractivity contribution in [2.24, 2.45) is 0 Å². The zero-order valence-corrected chi connectivity index (χ0v) is 21.0. The molecule has 1 fully saturated rings. The molecule has 4 rings (SSSR count). The summed E-state index contributed by atoms with van der Waals surface area (Å²) in [7, 11) is 0. The van der Waals surface area contributed by atoms with Gasteiger partial charge in [-0.05, 0) is 65.7 Å². The summed E-state index contributed by atoms with van der Waals surface area (Å²) in [5.74, 6) is 0.854. The van der Waals surface area contributed by atoms with Crippen molar-refractivity contribution in [2.75, 3.05) is 31.1 Å². The molecule has 0 bridgehead atoms. The highest BCUT2D eigenvalue weighted by atomic mass is 32.2. The monoisotopic (exact) mass is 453 g/mol. The number of aryl methyl sites for hydroxylation is 1. The van der Waals surface area contributed by atoms with Gasteiger partial charge in [0.15, 0.2) is 0 Å². The first-order chi connectivity index (χ1) is 15.2. The number of thioether (sulfide) groups is 1. The Morgan fingerprint density at radius 2 is 1.94 bits per heavy atom. The molecule has 172 valence electrons. The lowest BCUT2D eigenvalue weighted by atomic mass is 9.97. The molecule has 3 heterocycles. The van der Waals surface area contributed by atoms with Gasteiger partial charge in [0, 0.05) is 55.1 Å². The van der Waals surface area contributed by atoms with Crippen LogP contribution in [0.5, 0.6) is 0 Å². The molecule has 0 saturated carbocycles. The van der Waals surface area contributed by atoms with E-state index in [0.29, 0.717) is 0 Å². The fourth-order valence-electron chi connectivity index (χ4n) is 4.76. The van der Waals surface area contributed by atoms with Crippen molar-refractivity contribution in [3.63, 3.8) is 0 Å². The second-order valence-electron chi connectivity index (χ2n) is 9.65. The number of rotatable bonds is 5. The number of hydrogen-bond donors (Lipinski definition) is 0. The topological polar surface area (TPSA) is 45.7 Å². The second-order valence-corrected chi connectivity index (χ2v) is 11.0. The molecule has 5 nitrogen and oxygen atoms in total. The van der Waals surface area contributed by atoms with Gasteiger partial charge in [0.05, 0.1) is 10.8 Å². The molecule has 0 N–H and O–H groups in total. The number of nitrogens with zero attached hydrogens (tertiary/aromatic N) is 3. The summed E-state index contributed by atoms with van der Waals surface area (Å²) in [5.41, 5.74) is 3.96. The van der Waals surface area contributed by atoms with Crippen LogP contribution in [0.2, 0.25) is 0 Å². The first-order valence-electron chi connectivity index (χ1n) is 11.6. The SMILES string of the molecule is CC1=C(OC(C)(C)C(C)N2CCCN(c3ccnc4cc(C)ccc34)CC2)C(C)SC1=O. The van der Waals surface area contributed by atoms with Gasteiger partial charge < -0.3 is 9.64 Å². The van der Waals surface area contributed by atoms with Gasteiger partial charge in [0.1, 0.15) is 11.4 Å². The van der Waals surface area contributed by atoms with Crippen LogP contribution in [0.3, 0.4) is 0 Å². The first-order valence-corrected chi connectivity index (χ1v) is 12.5. The van der Waals surface area contributed by atoms with Crippen LogP contribution in [0, 0.1) is 6.92 Å². The van der Waals surface area contributed by atoms with E-state index < -0.39 is 0 Å². The van der Waals surface area contributed by atoms with E-state index in [1.165, 1.54) is 28.4 Å². The van der Waals surface area contributed by atoms with E-state index in [9.17, 15) is 4.79 Å². The van der Waals surface area contributed by atoms with Gasteiger partial charge in [-0.3, -0.25) is 14.7 Å². The first kappa shape index (κ1) is 23.1. The molecule has 2 aliphatic rings. The lowest BCUT2D eigenvalue weighted by Crippen LogP contribution is -2.50. The van der Waals surface area contributed by atoms with Gasteiger partial charge in [-0.1, -0.05) is 23.9 Å². The van der Waals surface area contributed by atoms with Crippen molar-refractivity contribution in [1.82, 2.24) is 9.88 Å². The number of ether oxygens (including phenoxy) is 1. The molecular formula is C26H35N3O2S. The molecule has 6 heteroatoms. The van der Waals surface area contributed by atoms with Crippen LogP contribution >= 0.6 is 11.8 Å². The highest BCUT2D eigenvalue weighted by molar-refractivity contribution is 8.15. The van der Waals surface area contributed by atoms with E-state index in [1.807, 2.05) is 13.1 Å². The number of hydrogen-bond acceptors (Lipinski definition) is 6. The molecule has 0 spiro atoms. The summed E-state index contributed by atoms with van der Waals surface area (Å²) in [5, 5.41) is 1.46. The average molecular weight is 454 g/mol. The van der Waals surface area contributed by atoms with Gasteiger partial charge in [0.25, 0.3) is 0 Å². The third-order valence-electron chi connectivity index (χ3n) is 7.00. The Hall–Kier alpha value is -2.05. The second kappa shape index (κ2) is 9.06. The molecule has 0 aliphatic carbocycles. The van der Waals surface area contributed by atoms with Gasteiger partial charge >= 0.3 is 0 Å². The third kappa shape index (κ3) is 4.53. The van der Waals surface area contributed by atoms with Gasteiger partial charge in [-0.25, -0.2) is 0 Å². The summed E-state index contributed by atoms with van der Waals surface area (Å²) < 4.78 is 6.50. The van der Waals surface area contributed by atoms with Crippen molar-refractivity contribution in [1.29, 1.82) is 0 Å². The Morgan fingerprint density at radius 1 is 1.16 bits per heavy atom. The zero-order valence-electron chi connectivity index (χ0n) is 20.1. The number of carbonyl (C=O) groups is 1. The number of aromatic nitrogens is 1. The predicted molar refractivity (Wildman–Crippen MR) is 134 cm³/mol. The zero-order chi connectivity index (χ0) is 23.0. The van der Waals surface area contributed by atoms with Gasteiger partial charge in [-0.2, -0.15) is 0 Å². The lowest BCUT2D eigenvalue weighted by Gasteiger charge is -2.40. The molecule has 1 saturated heterocycles. The lowest BCUT2D eigenvalue weighted by molar-refractivity contribution is -0.108. The van der Waals surface area contributed by atoms with Crippen molar-refractivity contribution < 1.29 is 9.53 Å². The molecular weight excluding hydrogens is 418 g/mol. The molecule has 0 amide bonds. The summed E-state index contributed by atoms with van der Waals surface area (Å²) in [6.45, 7) is 16.6. The molecule has 1 aromatic carbocycles. The van der Waals surface area contributed by atoms with Crippen LogP contribution < -0.4 is 4.90 Å². The van der Waals surface area contributed by atoms with Crippen LogP contribution in [0.1, 0.15) is 46.6 Å². The number of carbonyl (C=O) groups excluding carboxylic acids is 1. The highest BCUT2D eigenvalue weighted by Crippen LogP contribution is 2.38. The molecule has 32 heavy (non-hydrogen) atoms. The fraction of sp³-hybridized carbons (Fsp3) is 0.538. The van der Waals surface area contributed by atoms with E-state index >= 15 is 0 Å². The highest BCUT2D eigenvalue weighted by Gasteiger charge is 2.38. The van der Waals surface area contributed by atoms with Gasteiger partial charge in [-0.15, -0.1) is 0 Å². The Bertz CT molecular complexity index is 1050. The van der Waals surface area contributed by atoms with Crippen molar-refractivity contribution >= 4 is 33.5 Å². The van der Waals surface area contributed by atoms with E-state index in [1.54, 1.807) is 0 Å². The molecule has 2 aromatic rings. The fourth-order valence-corrected chi connectivity index (χ4v) is 5.69. The molecule has 2 atom stereocenters. The summed E-state index contributed by atoms with van der Waals surface area (Å²) in [6, 6.07) is 8.91. The van der Waals surface area contributed by atoms with E-state index in [0.717, 1.165) is 49.4 Å². The van der Waals surface area contributed by atoms with Crippen molar-refractivity contribution in [3.8, 4) is 0 Å². The Kier molecular flexibility index (Phi) is 6.55. The third-order valence-corrected chi connectivity index (χ3v) is 8.09. The summed E-state index contributed by atoms with van der Waals surface area (Å²) >= 11 is 1.36. The minimum Gasteiger partial charge on any atom is -0.489 e. The molecule has 0 radical (unpaired) electrons. The van der Waals surface area contributed by atoms with Crippen LogP contribution in [0.25, 0.3) is 10.9 Å². The van der Waals surface area contributed by atoms with Crippen LogP contribution in [0.4, 0.5) is 5.69 Å². The maximum atomic E-state index is 12.1. The summed E-state index contributed by atoms with van der Waals surface area (Å²) in [6.07, 6.45) is 3.03. The van der Waals surface area contributed by atoms with Crippen molar-refractivity contribution in [2.45, 2.75) is 64.9 Å². The Balaban J connectivity index is 1.48. The van der Waals surface area contributed by atoms with Crippen molar-refractivity contribution in [3.05, 3.63) is 47.4 Å². The number of benzene rings is 1. The van der Waals surface area contributed by atoms with Crippen LogP contribution in [0.15, 0.2) is 41.8 Å². The molecule has 2 unspecified atom stereocenters. The Morgan fingerprint density at radius 3 is 2.66 bits per heavy atom. The van der Waals surface area contributed by atoms with Crippen LogP contribution in [-0.4, -0.2) is 58.1 Å². The normalized spacial score (nSPS) is 21.9. The molecule has 1 aromatic heterocycles. The predicted octanol–water partition coefficient (Wildman–Crippen LogP) is 5.17. The van der Waals surface area contributed by atoms with E-state index in [-0.39, 0.29) is 22.0 Å². The van der Waals surface area contributed by atoms with Crippen LogP contribution in [-0.2, 0) is 9.53 Å². The largest absolute Gasteiger partial charge is 0.489 e. The summed E-state index contributed by atoms with van der Waals surface area (Å²) in [4.78, 5) is 21.7. The van der Waals surface area contributed by atoms with Gasteiger partial charge in [0.2, 0.25) is 5.12 Å².